The molecule has 4 nitrogen and oxygen atoms in total. The molecule has 3 N–H and O–H groups in total. The molecule has 0 aliphatic carbocycles. The lowest BCUT2D eigenvalue weighted by molar-refractivity contribution is -0.119. The minimum Gasteiger partial charge on any atom is -0.397 e. The van der Waals surface area contributed by atoms with Crippen LogP contribution in [0.3, 0.4) is 0 Å². The number of nitrogens with zero attached hydrogens (tertiary/aromatic N) is 1. The highest BCUT2D eigenvalue weighted by Gasteiger charge is 2.18. The zero-order valence-corrected chi connectivity index (χ0v) is 14.0. The third kappa shape index (κ3) is 4.25. The lowest BCUT2D eigenvalue weighted by atomic mass is 10.1. The molecule has 4 heteroatoms. The van der Waals surface area contributed by atoms with E-state index < -0.39 is 0 Å². The van der Waals surface area contributed by atoms with Gasteiger partial charge in [0.05, 0.1) is 11.4 Å². The number of nitrogens with two attached hydrogens (primary N) is 1. The number of carbonyl (C=O) groups is 1. The van der Waals surface area contributed by atoms with Crippen LogP contribution < -0.4 is 16.0 Å². The highest BCUT2D eigenvalue weighted by atomic mass is 16.2. The molecule has 0 spiro atoms. The van der Waals surface area contributed by atoms with Gasteiger partial charge in [0.15, 0.2) is 0 Å². The zero-order chi connectivity index (χ0) is 16.8. The zero-order valence-electron chi connectivity index (χ0n) is 14.0. The van der Waals surface area contributed by atoms with Gasteiger partial charge in [0, 0.05) is 23.8 Å². The van der Waals surface area contributed by atoms with Gasteiger partial charge in [-0.1, -0.05) is 25.1 Å². The van der Waals surface area contributed by atoms with Crippen molar-refractivity contribution in [3.8, 4) is 0 Å². The molecule has 2 rings (SSSR count). The summed E-state index contributed by atoms with van der Waals surface area (Å²) in [7, 11) is 0. The number of hydrogen-bond donors (Lipinski definition) is 2. The normalized spacial score (nSPS) is 10.6. The van der Waals surface area contributed by atoms with Gasteiger partial charge in [-0.3, -0.25) is 4.79 Å². The third-order valence-electron chi connectivity index (χ3n) is 3.62. The molecule has 2 aromatic rings. The molecule has 0 radical (unpaired) electrons. The second kappa shape index (κ2) is 7.68. The van der Waals surface area contributed by atoms with Crippen LogP contribution in [-0.2, 0) is 4.79 Å². The Balaban J connectivity index is 2.25. The molecule has 1 amide bonds. The smallest absolute Gasteiger partial charge is 0.227 e. The number of nitrogens with one attached hydrogen (secondary N) is 1. The van der Waals surface area contributed by atoms with E-state index >= 15 is 0 Å². The number of nitrogen functional groups attached to an aromatic ring is 1. The number of para-hydroxylation sites is 1. The summed E-state index contributed by atoms with van der Waals surface area (Å²) in [5.74, 6) is 0.130. The molecular formula is C19H25N3O. The summed E-state index contributed by atoms with van der Waals surface area (Å²) in [5, 5.41) is 3.29. The molecule has 0 aromatic heterocycles. The van der Waals surface area contributed by atoms with E-state index in [1.165, 1.54) is 0 Å². The first-order valence-electron chi connectivity index (χ1n) is 8.06. The van der Waals surface area contributed by atoms with Gasteiger partial charge in [0.2, 0.25) is 5.91 Å². The van der Waals surface area contributed by atoms with Gasteiger partial charge >= 0.3 is 0 Å². The topological polar surface area (TPSA) is 58.4 Å². The second-order valence-corrected chi connectivity index (χ2v) is 5.87. The summed E-state index contributed by atoms with van der Waals surface area (Å²) in [4.78, 5) is 14.2. The predicted octanol–water partition coefficient (Wildman–Crippen LogP) is 4.55. The van der Waals surface area contributed by atoms with Crippen LogP contribution in [0.4, 0.5) is 22.7 Å². The molecule has 23 heavy (non-hydrogen) atoms. The first-order chi connectivity index (χ1) is 11.0. The van der Waals surface area contributed by atoms with Crippen molar-refractivity contribution in [2.45, 2.75) is 39.7 Å². The molecule has 0 aliphatic heterocycles. The number of rotatable bonds is 6. The molecule has 0 saturated carbocycles. The quantitative estimate of drug-likeness (QED) is 0.769. The van der Waals surface area contributed by atoms with Crippen LogP contribution in [0.15, 0.2) is 48.5 Å². The van der Waals surface area contributed by atoms with E-state index in [2.05, 4.69) is 5.32 Å². The van der Waals surface area contributed by atoms with Crippen LogP contribution in [-0.4, -0.2) is 11.9 Å². The summed E-state index contributed by atoms with van der Waals surface area (Å²) >= 11 is 0. The average Bonchev–Trinajstić information content (AvgIpc) is 2.51. The van der Waals surface area contributed by atoms with Crippen LogP contribution in [0.1, 0.15) is 33.6 Å². The lowest BCUT2D eigenvalue weighted by Crippen LogP contribution is -2.36. The maximum atomic E-state index is 12.3. The van der Waals surface area contributed by atoms with Crippen LogP contribution >= 0.6 is 0 Å². The molecule has 0 fully saturated rings. The Labute approximate surface area is 138 Å². The fraction of sp³-hybridized carbons (Fsp3) is 0.316. The Kier molecular flexibility index (Phi) is 5.63. The maximum Gasteiger partial charge on any atom is 0.227 e. The van der Waals surface area contributed by atoms with Gasteiger partial charge in [-0.25, -0.2) is 0 Å². The Bertz CT molecular complexity index is 653. The van der Waals surface area contributed by atoms with E-state index in [0.717, 1.165) is 23.5 Å². The van der Waals surface area contributed by atoms with Crippen molar-refractivity contribution in [2.75, 3.05) is 16.0 Å². The number of anilines is 4. The number of benzene rings is 2. The Morgan fingerprint density at radius 1 is 1.17 bits per heavy atom. The van der Waals surface area contributed by atoms with Gasteiger partial charge in [-0.2, -0.15) is 0 Å². The summed E-state index contributed by atoms with van der Waals surface area (Å²) in [6, 6.07) is 15.7. The molecule has 0 atom stereocenters. The second-order valence-electron chi connectivity index (χ2n) is 5.87. The fourth-order valence-electron chi connectivity index (χ4n) is 2.56. The van der Waals surface area contributed by atoms with Crippen LogP contribution in [0.2, 0.25) is 0 Å². The number of carbonyl (C=O) groups excluding carboxylic acids is 1. The Morgan fingerprint density at radius 3 is 2.43 bits per heavy atom. The SMILES string of the molecule is CCCC(=O)N(c1ccc(Nc2ccccc2)c(N)c1)C(C)C. The van der Waals surface area contributed by atoms with Crippen molar-refractivity contribution in [3.63, 3.8) is 0 Å². The molecular weight excluding hydrogens is 286 g/mol. The van der Waals surface area contributed by atoms with Crippen molar-refractivity contribution >= 4 is 28.7 Å². The average molecular weight is 311 g/mol. The molecule has 0 aliphatic rings. The largest absolute Gasteiger partial charge is 0.397 e. The van der Waals surface area contributed by atoms with Crippen molar-refractivity contribution < 1.29 is 4.79 Å². The molecule has 0 unspecified atom stereocenters. The van der Waals surface area contributed by atoms with Crippen LogP contribution in [0.5, 0.6) is 0 Å². The molecule has 2 aromatic carbocycles. The minimum absolute atomic E-state index is 0.0985. The minimum atomic E-state index is 0.0985. The van der Waals surface area contributed by atoms with Gasteiger partial charge in [0.25, 0.3) is 0 Å². The predicted molar refractivity (Wildman–Crippen MR) is 98.1 cm³/mol. The van der Waals surface area contributed by atoms with Gasteiger partial charge < -0.3 is 16.0 Å². The van der Waals surface area contributed by atoms with E-state index in [0.29, 0.717) is 12.1 Å². The number of hydrogen-bond acceptors (Lipinski definition) is 3. The lowest BCUT2D eigenvalue weighted by Gasteiger charge is -2.27. The fourth-order valence-corrected chi connectivity index (χ4v) is 2.56. The standard InChI is InChI=1S/C19H25N3O/c1-4-8-19(23)22(14(2)3)16-11-12-18(17(20)13-16)21-15-9-6-5-7-10-15/h5-7,9-14,21H,4,8,20H2,1-3H3. The van der Waals surface area contributed by atoms with Gasteiger partial charge in [-0.05, 0) is 50.6 Å². The highest BCUT2D eigenvalue weighted by Crippen LogP contribution is 2.29. The Morgan fingerprint density at radius 2 is 1.87 bits per heavy atom. The van der Waals surface area contributed by atoms with Crippen molar-refractivity contribution in [1.29, 1.82) is 0 Å². The molecule has 0 bridgehead atoms. The van der Waals surface area contributed by atoms with E-state index in [9.17, 15) is 4.79 Å². The van der Waals surface area contributed by atoms with Crippen molar-refractivity contribution in [3.05, 3.63) is 48.5 Å². The first kappa shape index (κ1) is 16.9. The number of amides is 1. The van der Waals surface area contributed by atoms with Crippen molar-refractivity contribution in [2.24, 2.45) is 0 Å². The Hall–Kier alpha value is -2.49. The monoisotopic (exact) mass is 311 g/mol. The third-order valence-corrected chi connectivity index (χ3v) is 3.62. The van der Waals surface area contributed by atoms with Gasteiger partial charge in [0.1, 0.15) is 0 Å². The molecule has 122 valence electrons. The van der Waals surface area contributed by atoms with E-state index in [4.69, 9.17) is 5.73 Å². The summed E-state index contributed by atoms with van der Waals surface area (Å²) in [5.41, 5.74) is 9.47. The first-order valence-corrected chi connectivity index (χ1v) is 8.06. The van der Waals surface area contributed by atoms with Crippen LogP contribution in [0.25, 0.3) is 0 Å². The van der Waals surface area contributed by atoms with Crippen LogP contribution in [0, 0.1) is 0 Å². The van der Waals surface area contributed by atoms with Crippen molar-refractivity contribution in [1.82, 2.24) is 0 Å². The highest BCUT2D eigenvalue weighted by molar-refractivity contribution is 5.95. The van der Waals surface area contributed by atoms with E-state index in [1.54, 1.807) is 0 Å². The molecule has 0 heterocycles. The summed E-state index contributed by atoms with van der Waals surface area (Å²) in [6.45, 7) is 6.04. The van der Waals surface area contributed by atoms with E-state index in [1.807, 2.05) is 74.2 Å². The summed E-state index contributed by atoms with van der Waals surface area (Å²) in [6.07, 6.45) is 1.38. The van der Waals surface area contributed by atoms with Gasteiger partial charge in [-0.15, -0.1) is 0 Å². The molecule has 0 saturated heterocycles. The maximum absolute atomic E-state index is 12.3. The van der Waals surface area contributed by atoms with E-state index in [-0.39, 0.29) is 11.9 Å². The summed E-state index contributed by atoms with van der Waals surface area (Å²) < 4.78 is 0.